The van der Waals surface area contributed by atoms with Crippen molar-refractivity contribution in [2.24, 2.45) is 17.8 Å². The number of nitrogens with one attached hydrogen (secondary N) is 2. The molecule has 40 heavy (non-hydrogen) atoms. The molecule has 1 fully saturated rings. The van der Waals surface area contributed by atoms with Crippen molar-refractivity contribution in [1.82, 2.24) is 15.6 Å². The molecule has 2 aliphatic rings. The number of ether oxygens (including phenoxy) is 1. The third kappa shape index (κ3) is 7.68. The van der Waals surface area contributed by atoms with Gasteiger partial charge in [0.25, 0.3) is 5.91 Å². The summed E-state index contributed by atoms with van der Waals surface area (Å²) in [5.41, 5.74) is 2.30. The van der Waals surface area contributed by atoms with Gasteiger partial charge in [-0.05, 0) is 47.9 Å². The molecule has 4 rings (SSSR count). The van der Waals surface area contributed by atoms with Gasteiger partial charge in [-0.3, -0.25) is 19.4 Å². The minimum Gasteiger partial charge on any atom is -0.460 e. The highest BCUT2D eigenvalue weighted by atomic mass is 16.5. The summed E-state index contributed by atoms with van der Waals surface area (Å²) in [6.07, 6.45) is 7.29. The van der Waals surface area contributed by atoms with Crippen molar-refractivity contribution in [3.05, 3.63) is 65.5 Å². The van der Waals surface area contributed by atoms with Crippen LogP contribution in [0.4, 0.5) is 0 Å². The molecule has 2 amide bonds. The molecule has 0 spiro atoms. The number of aliphatic hydroxyl groups excluding tert-OH is 1. The van der Waals surface area contributed by atoms with Crippen LogP contribution in [0.3, 0.4) is 0 Å². The number of hydrogen-bond acceptors (Lipinski definition) is 6. The lowest BCUT2D eigenvalue weighted by molar-refractivity contribution is -0.148. The number of pyridine rings is 1. The van der Waals surface area contributed by atoms with E-state index in [9.17, 15) is 19.5 Å². The zero-order valence-corrected chi connectivity index (χ0v) is 23.8. The first-order valence-electron chi connectivity index (χ1n) is 14.7. The van der Waals surface area contributed by atoms with Crippen LogP contribution in [0.2, 0.25) is 0 Å². The summed E-state index contributed by atoms with van der Waals surface area (Å²) in [7, 11) is 0. The molecule has 3 N–H and O–H groups in total. The molecule has 0 unspecified atom stereocenters. The molecule has 0 bridgehead atoms. The topological polar surface area (TPSA) is 118 Å². The third-order valence-corrected chi connectivity index (χ3v) is 8.43. The SMILES string of the molecule is CC(=O)O[C@@H]1Cc2ccccc2[C@@H]1NC(=O)[C@@H](C[C@H](O)[C@H](CC1CCCCC1)NC(=O)c1ccccn1)C(C)C. The Morgan fingerprint density at radius 3 is 2.45 bits per heavy atom. The molecule has 1 aromatic carbocycles. The second-order valence-electron chi connectivity index (χ2n) is 11.7. The number of nitrogens with zero attached hydrogens (tertiary/aromatic N) is 1. The summed E-state index contributed by atoms with van der Waals surface area (Å²) in [6.45, 7) is 5.30. The van der Waals surface area contributed by atoms with Gasteiger partial charge in [0, 0.05) is 25.5 Å². The molecule has 5 atom stereocenters. The van der Waals surface area contributed by atoms with Crippen molar-refractivity contribution >= 4 is 17.8 Å². The molecular formula is C32H43N3O5. The lowest BCUT2D eigenvalue weighted by Gasteiger charge is -2.33. The fraction of sp³-hybridized carbons (Fsp3) is 0.562. The molecular weight excluding hydrogens is 506 g/mol. The Morgan fingerprint density at radius 2 is 1.77 bits per heavy atom. The predicted octanol–water partition coefficient (Wildman–Crippen LogP) is 4.52. The van der Waals surface area contributed by atoms with Crippen LogP contribution in [-0.2, 0) is 20.7 Å². The number of carbonyl (C=O) groups excluding carboxylic acids is 3. The van der Waals surface area contributed by atoms with Crippen LogP contribution >= 0.6 is 0 Å². The maximum Gasteiger partial charge on any atom is 0.302 e. The van der Waals surface area contributed by atoms with E-state index >= 15 is 0 Å². The van der Waals surface area contributed by atoms with Gasteiger partial charge in [-0.2, -0.15) is 0 Å². The molecule has 8 heteroatoms. The Hall–Kier alpha value is -3.26. The van der Waals surface area contributed by atoms with Crippen molar-refractivity contribution in [2.75, 3.05) is 0 Å². The number of hydrogen-bond donors (Lipinski definition) is 3. The minimum absolute atomic E-state index is 0.0553. The first kappa shape index (κ1) is 29.7. The Bertz CT molecular complexity index is 1150. The average molecular weight is 550 g/mol. The van der Waals surface area contributed by atoms with Gasteiger partial charge in [0.1, 0.15) is 11.8 Å². The molecule has 1 saturated carbocycles. The van der Waals surface area contributed by atoms with Crippen LogP contribution in [0.1, 0.15) is 93.4 Å². The normalized spacial score (nSPS) is 21.2. The van der Waals surface area contributed by atoms with Gasteiger partial charge in [0.05, 0.1) is 18.2 Å². The van der Waals surface area contributed by atoms with E-state index in [1.54, 1.807) is 24.4 Å². The number of esters is 1. The number of rotatable bonds is 11. The van der Waals surface area contributed by atoms with Gasteiger partial charge in [0.2, 0.25) is 5.91 Å². The fourth-order valence-corrected chi connectivity index (χ4v) is 6.25. The van der Waals surface area contributed by atoms with Crippen molar-refractivity contribution in [2.45, 2.75) is 96.4 Å². The number of aliphatic hydroxyl groups is 1. The highest BCUT2D eigenvalue weighted by Crippen LogP contribution is 2.35. The average Bonchev–Trinajstić information content (AvgIpc) is 3.27. The Kier molecular flexibility index (Phi) is 10.3. The van der Waals surface area contributed by atoms with Crippen LogP contribution in [0.5, 0.6) is 0 Å². The predicted molar refractivity (Wildman–Crippen MR) is 152 cm³/mol. The van der Waals surface area contributed by atoms with Crippen LogP contribution < -0.4 is 10.6 Å². The number of benzene rings is 1. The Morgan fingerprint density at radius 1 is 1.05 bits per heavy atom. The molecule has 2 aromatic rings. The summed E-state index contributed by atoms with van der Waals surface area (Å²) < 4.78 is 5.58. The zero-order valence-electron chi connectivity index (χ0n) is 23.8. The van der Waals surface area contributed by atoms with Crippen LogP contribution in [0, 0.1) is 17.8 Å². The first-order chi connectivity index (χ1) is 19.2. The highest BCUT2D eigenvalue weighted by molar-refractivity contribution is 5.92. The van der Waals surface area contributed by atoms with E-state index in [4.69, 9.17) is 4.74 Å². The molecule has 1 heterocycles. The summed E-state index contributed by atoms with van der Waals surface area (Å²) in [6, 6.07) is 12.0. The lowest BCUT2D eigenvalue weighted by atomic mass is 9.81. The largest absolute Gasteiger partial charge is 0.460 e. The highest BCUT2D eigenvalue weighted by Gasteiger charge is 2.38. The quantitative estimate of drug-likeness (QED) is 0.355. The van der Waals surface area contributed by atoms with Crippen molar-refractivity contribution < 1.29 is 24.2 Å². The van der Waals surface area contributed by atoms with Gasteiger partial charge in [0.15, 0.2) is 0 Å². The van der Waals surface area contributed by atoms with E-state index in [0.717, 1.165) is 36.8 Å². The zero-order chi connectivity index (χ0) is 28.6. The van der Waals surface area contributed by atoms with E-state index in [1.165, 1.54) is 13.3 Å². The van der Waals surface area contributed by atoms with E-state index in [0.29, 0.717) is 24.5 Å². The summed E-state index contributed by atoms with van der Waals surface area (Å²) in [4.78, 5) is 42.7. The second kappa shape index (κ2) is 13.9. The molecule has 0 aliphatic heterocycles. The second-order valence-corrected chi connectivity index (χ2v) is 11.7. The van der Waals surface area contributed by atoms with E-state index < -0.39 is 30.2 Å². The summed E-state index contributed by atoms with van der Waals surface area (Å²) in [5.74, 6) is -1.04. The van der Waals surface area contributed by atoms with Crippen LogP contribution in [0.25, 0.3) is 0 Å². The minimum atomic E-state index is -0.909. The first-order valence-corrected chi connectivity index (χ1v) is 14.7. The molecule has 0 saturated heterocycles. The van der Waals surface area contributed by atoms with Crippen molar-refractivity contribution in [1.29, 1.82) is 0 Å². The van der Waals surface area contributed by atoms with Crippen LogP contribution in [-0.4, -0.2) is 46.1 Å². The van der Waals surface area contributed by atoms with E-state index in [-0.39, 0.29) is 30.1 Å². The number of aromatic nitrogens is 1. The van der Waals surface area contributed by atoms with Crippen molar-refractivity contribution in [3.8, 4) is 0 Å². The maximum absolute atomic E-state index is 13.7. The smallest absolute Gasteiger partial charge is 0.302 e. The van der Waals surface area contributed by atoms with E-state index in [2.05, 4.69) is 15.6 Å². The van der Waals surface area contributed by atoms with Gasteiger partial charge >= 0.3 is 5.97 Å². The third-order valence-electron chi connectivity index (χ3n) is 8.43. The molecule has 0 radical (unpaired) electrons. The lowest BCUT2D eigenvalue weighted by Crippen LogP contribution is -2.48. The monoisotopic (exact) mass is 549 g/mol. The molecule has 8 nitrogen and oxygen atoms in total. The number of fused-ring (bicyclic) bond motifs is 1. The number of carbonyl (C=O) groups is 3. The molecule has 216 valence electrons. The maximum atomic E-state index is 13.7. The fourth-order valence-electron chi connectivity index (χ4n) is 6.25. The molecule has 2 aliphatic carbocycles. The summed E-state index contributed by atoms with van der Waals surface area (Å²) in [5, 5.41) is 17.7. The standard InChI is InChI=1S/C32H43N3O5/c1-20(2)25(31(38)35-30-24-14-8-7-13-23(24)18-29(30)40-21(3)36)19-28(37)27(17-22-11-5-4-6-12-22)34-32(39)26-15-9-10-16-33-26/h7-10,13-16,20,22,25,27-30,37H,4-6,11-12,17-19H2,1-3H3,(H,34,39)(H,35,38)/t25-,27-,28-,29+,30-/m0/s1. The Balaban J connectivity index is 1.49. The van der Waals surface area contributed by atoms with Gasteiger partial charge in [-0.25, -0.2) is 0 Å². The van der Waals surface area contributed by atoms with Crippen molar-refractivity contribution in [3.63, 3.8) is 0 Å². The van der Waals surface area contributed by atoms with E-state index in [1.807, 2.05) is 38.1 Å². The van der Waals surface area contributed by atoms with Crippen LogP contribution in [0.15, 0.2) is 48.7 Å². The van der Waals surface area contributed by atoms with Gasteiger partial charge < -0.3 is 20.5 Å². The summed E-state index contributed by atoms with van der Waals surface area (Å²) >= 11 is 0. The van der Waals surface area contributed by atoms with Gasteiger partial charge in [-0.15, -0.1) is 0 Å². The Labute approximate surface area is 237 Å². The molecule has 1 aromatic heterocycles. The number of amides is 2. The van der Waals surface area contributed by atoms with Gasteiger partial charge in [-0.1, -0.05) is 76.3 Å².